The van der Waals surface area contributed by atoms with Gasteiger partial charge in [0.15, 0.2) is 0 Å². The van der Waals surface area contributed by atoms with Crippen molar-refractivity contribution in [3.8, 4) is 11.1 Å². The lowest BCUT2D eigenvalue weighted by molar-refractivity contribution is -0.116. The minimum Gasteiger partial charge on any atom is -0.330 e. The van der Waals surface area contributed by atoms with E-state index in [-0.39, 0.29) is 11.8 Å². The van der Waals surface area contributed by atoms with Crippen LogP contribution in [0.3, 0.4) is 0 Å². The van der Waals surface area contributed by atoms with Crippen molar-refractivity contribution in [2.45, 2.75) is 19.3 Å². The van der Waals surface area contributed by atoms with E-state index in [0.29, 0.717) is 13.0 Å². The van der Waals surface area contributed by atoms with Crippen LogP contribution in [0.2, 0.25) is 0 Å². The lowest BCUT2D eigenvalue weighted by Gasteiger charge is -2.14. The molecule has 3 N–H and O–H groups in total. The largest absolute Gasteiger partial charge is 0.330 e. The normalized spacial score (nSPS) is 12.0. The molecule has 0 fully saturated rings. The summed E-state index contributed by atoms with van der Waals surface area (Å²) in [7, 11) is 0. The Bertz CT molecular complexity index is 895. The van der Waals surface area contributed by atoms with Gasteiger partial charge in [0.1, 0.15) is 0 Å². The Kier molecular flexibility index (Phi) is 6.19. The fraction of sp³-hybridized carbons (Fsp3) is 0.200. The number of nitrogens with zero attached hydrogens (tertiary/aromatic N) is 1. The van der Waals surface area contributed by atoms with Crippen molar-refractivity contribution in [1.29, 1.82) is 0 Å². The first-order valence-electron chi connectivity index (χ1n) is 8.33. The van der Waals surface area contributed by atoms with Crippen molar-refractivity contribution in [3.05, 3.63) is 69.1 Å². The second kappa shape index (κ2) is 8.58. The van der Waals surface area contributed by atoms with Crippen LogP contribution in [0.25, 0.3) is 11.1 Å². The number of carbonyl (C=O) groups is 1. The molecule has 1 aromatic carbocycles. The topological polar surface area (TPSA) is 68.0 Å². The molecule has 0 radical (unpaired) electrons. The zero-order valence-corrected chi connectivity index (χ0v) is 16.8. The molecule has 0 saturated heterocycles. The van der Waals surface area contributed by atoms with Gasteiger partial charge in [-0.3, -0.25) is 9.78 Å². The number of benzene rings is 1. The van der Waals surface area contributed by atoms with Gasteiger partial charge in [0.05, 0.1) is 3.79 Å². The molecule has 3 rings (SSSR count). The average molecular weight is 430 g/mol. The number of amides is 1. The highest BCUT2D eigenvalue weighted by molar-refractivity contribution is 9.11. The standard InChI is InChI=1S/C20H20BrN3OS/c1-13-10-16(2-3-17(13)14-6-8-23-9-7-14)24-20(25)11-15(12-22)18-4-5-19(21)26-18/h2-10,15H,11-12,22H2,1H3,(H,24,25). The Hall–Kier alpha value is -2.02. The van der Waals surface area contributed by atoms with Gasteiger partial charge >= 0.3 is 0 Å². The van der Waals surface area contributed by atoms with Gasteiger partial charge in [0.2, 0.25) is 5.91 Å². The first kappa shape index (κ1) is 18.8. The number of nitrogens with two attached hydrogens (primary N) is 1. The van der Waals surface area contributed by atoms with Gasteiger partial charge in [-0.2, -0.15) is 0 Å². The first-order valence-corrected chi connectivity index (χ1v) is 9.94. The van der Waals surface area contributed by atoms with E-state index in [1.165, 1.54) is 0 Å². The predicted molar refractivity (Wildman–Crippen MR) is 111 cm³/mol. The van der Waals surface area contributed by atoms with Gasteiger partial charge in [-0.25, -0.2) is 0 Å². The van der Waals surface area contributed by atoms with Crippen LogP contribution >= 0.6 is 27.3 Å². The molecule has 0 aliphatic carbocycles. The molecular formula is C20H20BrN3OS. The fourth-order valence-electron chi connectivity index (χ4n) is 2.88. The quantitative estimate of drug-likeness (QED) is 0.581. The summed E-state index contributed by atoms with van der Waals surface area (Å²) in [5.41, 5.74) is 10.0. The second-order valence-corrected chi connectivity index (χ2v) is 8.59. The van der Waals surface area contributed by atoms with Crippen LogP contribution in [0.1, 0.15) is 22.8 Å². The number of aryl methyl sites for hydroxylation is 1. The van der Waals surface area contributed by atoms with E-state index in [1.54, 1.807) is 23.7 Å². The number of aromatic nitrogens is 1. The van der Waals surface area contributed by atoms with E-state index in [4.69, 9.17) is 5.73 Å². The van der Waals surface area contributed by atoms with E-state index < -0.39 is 0 Å². The Balaban J connectivity index is 1.68. The molecule has 2 heterocycles. The minimum absolute atomic E-state index is 0.0268. The number of carbonyl (C=O) groups excluding carboxylic acids is 1. The Morgan fingerprint density at radius 1 is 1.23 bits per heavy atom. The van der Waals surface area contributed by atoms with Gasteiger partial charge in [-0.1, -0.05) is 6.07 Å². The van der Waals surface area contributed by atoms with Crippen molar-refractivity contribution in [3.63, 3.8) is 0 Å². The van der Waals surface area contributed by atoms with Gasteiger partial charge in [0, 0.05) is 41.8 Å². The third-order valence-electron chi connectivity index (χ3n) is 4.21. The van der Waals surface area contributed by atoms with E-state index in [0.717, 1.165) is 31.0 Å². The summed E-state index contributed by atoms with van der Waals surface area (Å²) in [5, 5.41) is 2.99. The Morgan fingerprint density at radius 3 is 2.62 bits per heavy atom. The molecule has 1 amide bonds. The molecule has 1 unspecified atom stereocenters. The summed E-state index contributed by atoms with van der Waals surface area (Å²) >= 11 is 5.08. The minimum atomic E-state index is -0.0268. The van der Waals surface area contributed by atoms with Crippen molar-refractivity contribution in [1.82, 2.24) is 4.98 Å². The summed E-state index contributed by atoms with van der Waals surface area (Å²) in [6, 6.07) is 13.9. The number of halogens is 1. The van der Waals surface area contributed by atoms with Gasteiger partial charge in [0.25, 0.3) is 0 Å². The molecule has 2 aromatic heterocycles. The molecule has 134 valence electrons. The molecule has 0 aliphatic heterocycles. The molecular weight excluding hydrogens is 410 g/mol. The van der Waals surface area contributed by atoms with Crippen LogP contribution in [0.4, 0.5) is 5.69 Å². The maximum absolute atomic E-state index is 12.4. The molecule has 4 nitrogen and oxygen atoms in total. The lowest BCUT2D eigenvalue weighted by Crippen LogP contribution is -2.20. The van der Waals surface area contributed by atoms with E-state index in [1.807, 2.05) is 49.4 Å². The van der Waals surface area contributed by atoms with E-state index in [2.05, 4.69) is 26.2 Å². The number of pyridine rings is 1. The predicted octanol–water partition coefficient (Wildman–Crippen LogP) is 4.95. The highest BCUT2D eigenvalue weighted by Gasteiger charge is 2.17. The van der Waals surface area contributed by atoms with Crippen LogP contribution in [0.15, 0.2) is 58.6 Å². The van der Waals surface area contributed by atoms with Gasteiger partial charge < -0.3 is 11.1 Å². The maximum Gasteiger partial charge on any atom is 0.225 e. The second-order valence-electron chi connectivity index (χ2n) is 6.09. The van der Waals surface area contributed by atoms with Crippen LogP contribution in [0, 0.1) is 6.92 Å². The van der Waals surface area contributed by atoms with Crippen LogP contribution < -0.4 is 11.1 Å². The van der Waals surface area contributed by atoms with E-state index >= 15 is 0 Å². The molecule has 1 atom stereocenters. The smallest absolute Gasteiger partial charge is 0.225 e. The monoisotopic (exact) mass is 429 g/mol. The Labute approximate surface area is 165 Å². The maximum atomic E-state index is 12.4. The zero-order valence-electron chi connectivity index (χ0n) is 14.4. The molecule has 3 aromatic rings. The summed E-state index contributed by atoms with van der Waals surface area (Å²) in [5.74, 6) is 0.00419. The third kappa shape index (κ3) is 4.58. The van der Waals surface area contributed by atoms with Crippen molar-refractivity contribution in [2.75, 3.05) is 11.9 Å². The molecule has 0 bridgehead atoms. The molecule has 0 aliphatic rings. The van der Waals surface area contributed by atoms with Crippen molar-refractivity contribution in [2.24, 2.45) is 5.73 Å². The summed E-state index contributed by atoms with van der Waals surface area (Å²) in [6.45, 7) is 2.48. The SMILES string of the molecule is Cc1cc(NC(=O)CC(CN)c2ccc(Br)s2)ccc1-c1ccncc1. The number of nitrogens with one attached hydrogen (secondary N) is 1. The summed E-state index contributed by atoms with van der Waals surface area (Å²) in [4.78, 5) is 17.6. The van der Waals surface area contributed by atoms with Crippen molar-refractivity contribution < 1.29 is 4.79 Å². The van der Waals surface area contributed by atoms with Crippen LogP contribution in [-0.4, -0.2) is 17.4 Å². The zero-order chi connectivity index (χ0) is 18.5. The average Bonchev–Trinajstić information content (AvgIpc) is 3.07. The fourth-order valence-corrected chi connectivity index (χ4v) is 4.42. The highest BCUT2D eigenvalue weighted by atomic mass is 79.9. The first-order chi connectivity index (χ1) is 12.6. The lowest BCUT2D eigenvalue weighted by atomic mass is 10.0. The molecule has 0 saturated carbocycles. The third-order valence-corrected chi connectivity index (χ3v) is 6.00. The summed E-state index contributed by atoms with van der Waals surface area (Å²) in [6.07, 6.45) is 3.93. The number of hydrogen-bond donors (Lipinski definition) is 2. The highest BCUT2D eigenvalue weighted by Crippen LogP contribution is 2.30. The van der Waals surface area contributed by atoms with Crippen molar-refractivity contribution >= 4 is 38.9 Å². The van der Waals surface area contributed by atoms with Gasteiger partial charge in [-0.05, 0) is 75.9 Å². The number of anilines is 1. The number of thiophene rings is 1. The molecule has 6 heteroatoms. The van der Waals surface area contributed by atoms with Crippen LogP contribution in [0.5, 0.6) is 0 Å². The number of rotatable bonds is 6. The molecule has 26 heavy (non-hydrogen) atoms. The van der Waals surface area contributed by atoms with Gasteiger partial charge in [-0.15, -0.1) is 11.3 Å². The number of hydrogen-bond acceptors (Lipinski definition) is 4. The summed E-state index contributed by atoms with van der Waals surface area (Å²) < 4.78 is 1.05. The van der Waals surface area contributed by atoms with E-state index in [9.17, 15) is 4.79 Å². The molecule has 0 spiro atoms. The Morgan fingerprint density at radius 2 is 2.00 bits per heavy atom. The van der Waals surface area contributed by atoms with Crippen LogP contribution in [-0.2, 0) is 4.79 Å².